The van der Waals surface area contributed by atoms with Gasteiger partial charge in [0.05, 0.1) is 18.0 Å². The van der Waals surface area contributed by atoms with Crippen LogP contribution in [0.4, 0.5) is 17.2 Å². The van der Waals surface area contributed by atoms with Crippen molar-refractivity contribution in [3.8, 4) is 0 Å². The van der Waals surface area contributed by atoms with E-state index in [1.807, 2.05) is 0 Å². The first-order valence-electron chi connectivity index (χ1n) is 10.6. The van der Waals surface area contributed by atoms with Crippen LogP contribution in [-0.2, 0) is 11.2 Å². The lowest BCUT2D eigenvalue weighted by Gasteiger charge is -2.44. The van der Waals surface area contributed by atoms with E-state index in [4.69, 9.17) is 5.73 Å². The number of benzene rings is 2. The number of rotatable bonds is 1. The number of amides is 1. The Hall–Kier alpha value is -3.02. The Morgan fingerprint density at radius 1 is 1.07 bits per heavy atom. The summed E-state index contributed by atoms with van der Waals surface area (Å²) in [4.78, 5) is 12.1. The van der Waals surface area contributed by atoms with Crippen LogP contribution in [0.3, 0.4) is 0 Å². The summed E-state index contributed by atoms with van der Waals surface area (Å²) in [5, 5.41) is 15.1. The fourth-order valence-corrected chi connectivity index (χ4v) is 6.89. The molecule has 5 atom stereocenters. The second-order valence-corrected chi connectivity index (χ2v) is 9.25. The molecule has 1 unspecified atom stereocenters. The van der Waals surface area contributed by atoms with E-state index in [-0.39, 0.29) is 11.9 Å². The van der Waals surface area contributed by atoms with Gasteiger partial charge in [-0.3, -0.25) is 9.89 Å². The average Bonchev–Trinajstić information content (AvgIpc) is 3.50. The topological polar surface area (TPSA) is 95.8 Å². The number of hydrogen-bond donors (Lipinski definition) is 4. The number of fused-ring (bicyclic) bond motifs is 10. The summed E-state index contributed by atoms with van der Waals surface area (Å²) in [6.45, 7) is 0. The number of carbonyl (C=O) groups is 1. The largest absolute Gasteiger partial charge is 0.382 e. The molecule has 2 bridgehead atoms. The Morgan fingerprint density at radius 3 is 2.86 bits per heavy atom. The van der Waals surface area contributed by atoms with E-state index in [1.54, 1.807) is 0 Å². The Bertz CT molecular complexity index is 1200. The summed E-state index contributed by atoms with van der Waals surface area (Å²) >= 11 is 0. The molecule has 1 aromatic heterocycles. The molecule has 1 amide bonds. The van der Waals surface area contributed by atoms with Crippen LogP contribution < -0.4 is 16.4 Å². The average molecular weight is 385 g/mol. The first-order chi connectivity index (χ1) is 14.2. The zero-order valence-electron chi connectivity index (χ0n) is 16.0. The highest BCUT2D eigenvalue weighted by molar-refractivity contribution is 6.00. The number of nitrogens with two attached hydrogens (primary N) is 1. The minimum atomic E-state index is 0.121. The van der Waals surface area contributed by atoms with E-state index >= 15 is 0 Å². The van der Waals surface area contributed by atoms with Crippen molar-refractivity contribution >= 4 is 34.0 Å². The SMILES string of the molecule is Nc1n[nH]c2ccc([C@H]3Nc4ccc5c(c4[C@@H]4C6CC[C@H](C6)[C@H]34)CC(=O)N5)cc12. The van der Waals surface area contributed by atoms with Gasteiger partial charge in [0.1, 0.15) is 0 Å². The number of nitrogen functional groups attached to an aromatic ring is 1. The maximum Gasteiger partial charge on any atom is 0.228 e. The fraction of sp³-hybridized carbons (Fsp3) is 0.391. The first-order valence-corrected chi connectivity index (χ1v) is 10.6. The minimum absolute atomic E-state index is 0.121. The van der Waals surface area contributed by atoms with Gasteiger partial charge in [-0.05, 0) is 83.9 Å². The lowest BCUT2D eigenvalue weighted by Crippen LogP contribution is -2.36. The van der Waals surface area contributed by atoms with Crippen LogP contribution in [0.25, 0.3) is 10.9 Å². The summed E-state index contributed by atoms with van der Waals surface area (Å²) in [7, 11) is 0. The van der Waals surface area contributed by atoms with Gasteiger partial charge in [0, 0.05) is 16.8 Å². The molecule has 7 rings (SSSR count). The van der Waals surface area contributed by atoms with Crippen LogP contribution in [0.5, 0.6) is 0 Å². The molecular weight excluding hydrogens is 362 g/mol. The molecule has 6 nitrogen and oxygen atoms in total. The molecule has 2 aliphatic carbocycles. The zero-order chi connectivity index (χ0) is 19.3. The molecule has 146 valence electrons. The van der Waals surface area contributed by atoms with Crippen molar-refractivity contribution < 1.29 is 4.79 Å². The van der Waals surface area contributed by atoms with Crippen LogP contribution in [-0.4, -0.2) is 16.1 Å². The molecule has 2 fully saturated rings. The molecule has 2 saturated carbocycles. The number of H-pyrrole nitrogens is 1. The number of nitrogens with one attached hydrogen (secondary N) is 3. The third kappa shape index (κ3) is 2.01. The molecule has 2 aromatic carbocycles. The first kappa shape index (κ1) is 15.9. The Labute approximate surface area is 168 Å². The lowest BCUT2D eigenvalue weighted by molar-refractivity contribution is -0.115. The lowest BCUT2D eigenvalue weighted by atomic mass is 9.67. The zero-order valence-corrected chi connectivity index (χ0v) is 16.0. The van der Waals surface area contributed by atoms with Gasteiger partial charge in [-0.15, -0.1) is 0 Å². The molecule has 3 heterocycles. The normalized spacial score (nSPS) is 31.3. The van der Waals surface area contributed by atoms with Crippen molar-refractivity contribution in [3.63, 3.8) is 0 Å². The molecule has 0 saturated heterocycles. The monoisotopic (exact) mass is 385 g/mol. The van der Waals surface area contributed by atoms with Crippen molar-refractivity contribution in [1.29, 1.82) is 0 Å². The van der Waals surface area contributed by atoms with Crippen LogP contribution >= 0.6 is 0 Å². The van der Waals surface area contributed by atoms with Crippen molar-refractivity contribution in [2.75, 3.05) is 16.4 Å². The van der Waals surface area contributed by atoms with Gasteiger partial charge < -0.3 is 16.4 Å². The fourth-order valence-electron chi connectivity index (χ4n) is 6.89. The minimum Gasteiger partial charge on any atom is -0.382 e. The van der Waals surface area contributed by atoms with Crippen LogP contribution in [0, 0.1) is 17.8 Å². The van der Waals surface area contributed by atoms with Crippen molar-refractivity contribution in [1.82, 2.24) is 10.2 Å². The molecule has 3 aromatic rings. The summed E-state index contributed by atoms with van der Waals surface area (Å²) in [5.74, 6) is 3.26. The smallest absolute Gasteiger partial charge is 0.228 e. The summed E-state index contributed by atoms with van der Waals surface area (Å²) in [6, 6.07) is 11.0. The van der Waals surface area contributed by atoms with Gasteiger partial charge in [0.15, 0.2) is 5.82 Å². The Morgan fingerprint density at radius 2 is 1.93 bits per heavy atom. The molecule has 29 heavy (non-hydrogen) atoms. The van der Waals surface area contributed by atoms with E-state index in [0.29, 0.717) is 24.1 Å². The van der Waals surface area contributed by atoms with Gasteiger partial charge >= 0.3 is 0 Å². The van der Waals surface area contributed by atoms with Crippen LogP contribution in [0.1, 0.15) is 47.9 Å². The number of anilines is 3. The van der Waals surface area contributed by atoms with Crippen molar-refractivity contribution in [2.45, 2.75) is 37.6 Å². The van der Waals surface area contributed by atoms with E-state index in [9.17, 15) is 4.79 Å². The highest BCUT2D eigenvalue weighted by Crippen LogP contribution is 2.64. The Balaban J connectivity index is 1.41. The number of nitrogens with zero attached hydrogens (tertiary/aromatic N) is 1. The predicted molar refractivity (Wildman–Crippen MR) is 113 cm³/mol. The molecule has 5 N–H and O–H groups in total. The number of carbonyl (C=O) groups excluding carboxylic acids is 1. The second kappa shape index (κ2) is 5.32. The van der Waals surface area contributed by atoms with Crippen molar-refractivity contribution in [3.05, 3.63) is 47.0 Å². The van der Waals surface area contributed by atoms with Crippen LogP contribution in [0.2, 0.25) is 0 Å². The van der Waals surface area contributed by atoms with Gasteiger partial charge in [0.25, 0.3) is 0 Å². The van der Waals surface area contributed by atoms with Crippen molar-refractivity contribution in [2.24, 2.45) is 17.8 Å². The maximum absolute atomic E-state index is 12.1. The predicted octanol–water partition coefficient (Wildman–Crippen LogP) is 3.94. The van der Waals surface area contributed by atoms with Crippen LogP contribution in [0.15, 0.2) is 30.3 Å². The third-order valence-corrected chi connectivity index (χ3v) is 7.95. The highest BCUT2D eigenvalue weighted by atomic mass is 16.1. The standard InChI is InChI=1S/C23H23N5O/c24-23-14-8-12(3-4-16(14)27-28-23)22-20-11-2-1-10(7-11)19(20)21-13-9-18(29)25-15(13)5-6-17(21)26-22/h3-6,8,10-11,19-20,22,26H,1-2,7,9H2,(H,25,29)(H3,24,27,28)/t10?,11-,19-,20+,22-/m1/s1. The van der Waals surface area contributed by atoms with Gasteiger partial charge in [-0.1, -0.05) is 6.07 Å². The number of aromatic nitrogens is 2. The summed E-state index contributed by atoms with van der Waals surface area (Å²) < 4.78 is 0. The second-order valence-electron chi connectivity index (χ2n) is 9.25. The number of aromatic amines is 1. The molecule has 0 spiro atoms. The van der Waals surface area contributed by atoms with E-state index in [0.717, 1.165) is 28.4 Å². The van der Waals surface area contributed by atoms with E-state index in [2.05, 4.69) is 51.2 Å². The number of hydrogen-bond acceptors (Lipinski definition) is 4. The molecule has 2 aliphatic heterocycles. The van der Waals surface area contributed by atoms with Gasteiger partial charge in [-0.25, -0.2) is 0 Å². The molecular formula is C23H23N5O. The molecule has 6 heteroatoms. The van der Waals surface area contributed by atoms with E-state index < -0.39 is 0 Å². The Kier molecular flexibility index (Phi) is 2.91. The highest BCUT2D eigenvalue weighted by Gasteiger charge is 2.54. The van der Waals surface area contributed by atoms with Gasteiger partial charge in [0.2, 0.25) is 5.91 Å². The van der Waals surface area contributed by atoms with E-state index in [1.165, 1.54) is 41.6 Å². The summed E-state index contributed by atoms with van der Waals surface area (Å²) in [5.41, 5.74) is 13.2. The molecule has 0 radical (unpaired) electrons. The maximum atomic E-state index is 12.1. The third-order valence-electron chi connectivity index (χ3n) is 7.95. The summed E-state index contributed by atoms with van der Waals surface area (Å²) in [6.07, 6.45) is 4.47. The quantitative estimate of drug-likeness (QED) is 0.510. The molecule has 4 aliphatic rings. The van der Waals surface area contributed by atoms with Gasteiger partial charge in [-0.2, -0.15) is 5.10 Å².